The molecule has 15 nitrogen and oxygen atoms in total. The van der Waals surface area contributed by atoms with Gasteiger partial charge in [-0.25, -0.2) is 18.6 Å². The second-order valence-corrected chi connectivity index (χ2v) is 20.1. The molecule has 4 aromatic rings. The molecule has 8 rings (SSSR count). The van der Waals surface area contributed by atoms with Crippen LogP contribution in [0.3, 0.4) is 0 Å². The number of nitrogens with zero attached hydrogens (tertiary/aromatic N) is 5. The molecular weight excluding hydrogens is 906 g/mol. The van der Waals surface area contributed by atoms with E-state index in [1.54, 1.807) is 34.2 Å². The number of hydrogen-bond acceptors (Lipinski definition) is 12. The molecular formula is C51H64ClN7O8S. The Balaban J connectivity index is 1.14. The third-order valence-electron chi connectivity index (χ3n) is 13.3. The fourth-order valence-corrected chi connectivity index (χ4v) is 10.5. The summed E-state index contributed by atoms with van der Waals surface area (Å²) < 4.78 is 48.2. The van der Waals surface area contributed by atoms with Crippen LogP contribution in [0.4, 0.5) is 5.69 Å². The molecule has 0 aromatic heterocycles. The number of ether oxygens (including phenoxy) is 3. The summed E-state index contributed by atoms with van der Waals surface area (Å²) in [6.45, 7) is 14.7. The molecule has 2 saturated heterocycles. The Morgan fingerprint density at radius 2 is 1.53 bits per heavy atom. The van der Waals surface area contributed by atoms with Crippen LogP contribution in [-0.4, -0.2) is 143 Å². The summed E-state index contributed by atoms with van der Waals surface area (Å²) in [5, 5.41) is 3.28. The van der Waals surface area contributed by atoms with Crippen LogP contribution in [0.2, 0.25) is 0 Å². The zero-order chi connectivity index (χ0) is 47.8. The number of halogens is 1. The van der Waals surface area contributed by atoms with Crippen LogP contribution in [0, 0.1) is 0 Å². The lowest BCUT2D eigenvalue weighted by Crippen LogP contribution is -2.52. The lowest BCUT2D eigenvalue weighted by molar-refractivity contribution is -0.127. The Bertz CT molecular complexity index is 2590. The van der Waals surface area contributed by atoms with E-state index in [0.717, 1.165) is 55.3 Å². The van der Waals surface area contributed by atoms with Crippen LogP contribution in [0.15, 0.2) is 94.5 Å². The molecule has 4 aliphatic heterocycles. The van der Waals surface area contributed by atoms with Crippen molar-refractivity contribution >= 4 is 55.8 Å². The normalized spacial score (nSPS) is 19.3. The topological polar surface area (TPSA) is 153 Å². The maximum atomic E-state index is 15.4. The average molecular weight is 971 g/mol. The number of unbranched alkanes of at least 4 members (excludes halogenated alkanes) is 2. The summed E-state index contributed by atoms with van der Waals surface area (Å²) in [7, 11) is -4.49. The summed E-state index contributed by atoms with van der Waals surface area (Å²) in [6.07, 6.45) is 4.05. The third-order valence-corrected chi connectivity index (χ3v) is 15.1. The molecule has 2 N–H and O–H groups in total. The summed E-state index contributed by atoms with van der Waals surface area (Å²) in [5.74, 6) is -1.15. The maximum absolute atomic E-state index is 15.4. The number of morpholine rings is 2. The zero-order valence-electron chi connectivity index (χ0n) is 39.4. The summed E-state index contributed by atoms with van der Waals surface area (Å²) in [6, 6.07) is 22.1. The van der Waals surface area contributed by atoms with Gasteiger partial charge in [-0.15, -0.1) is 0 Å². The highest BCUT2D eigenvalue weighted by Gasteiger charge is 2.38. The van der Waals surface area contributed by atoms with Gasteiger partial charge in [0, 0.05) is 70.3 Å². The van der Waals surface area contributed by atoms with Crippen LogP contribution in [0.25, 0.3) is 10.8 Å². The van der Waals surface area contributed by atoms with Gasteiger partial charge in [0.05, 0.1) is 59.2 Å². The largest absolute Gasteiger partial charge is 0.492 e. The maximum Gasteiger partial charge on any atom is 0.273 e. The number of hydrazine groups is 1. The van der Waals surface area contributed by atoms with Crippen molar-refractivity contribution in [1.82, 2.24) is 29.7 Å². The second kappa shape index (κ2) is 22.6. The first kappa shape index (κ1) is 49.4. The molecule has 4 aromatic carbocycles. The van der Waals surface area contributed by atoms with Gasteiger partial charge in [-0.3, -0.25) is 29.2 Å². The minimum absolute atomic E-state index is 0.0193. The molecule has 17 heteroatoms. The second-order valence-electron chi connectivity index (χ2n) is 18.0. The molecule has 0 radical (unpaired) electrons. The number of nitrogens with one attached hydrogen (secondary N) is 2. The molecule has 2 atom stereocenters. The molecule has 0 bridgehead atoms. The van der Waals surface area contributed by atoms with E-state index in [0.29, 0.717) is 101 Å². The number of rotatable bonds is 18. The lowest BCUT2D eigenvalue weighted by Gasteiger charge is -2.40. The van der Waals surface area contributed by atoms with Gasteiger partial charge in [-0.1, -0.05) is 80.8 Å². The number of sulfonamides is 1. The number of fused-ring (bicyclic) bond motifs is 2. The Morgan fingerprint density at radius 1 is 0.838 bits per heavy atom. The highest BCUT2D eigenvalue weighted by atomic mass is 35.5. The SMILES string of the molecule is CCCCN(CCCC)C(=O)C1=C(Cl)C(C)NN1c1ccc(C(=O)NS(=O)(=O)c2ccc3cccc(OCCN4CCOCC4)c3c2)c(C(=O)N2Cc3ccccc3CC2CN2CCOCC2)c1. The quantitative estimate of drug-likeness (QED) is 0.118. The predicted octanol–water partition coefficient (Wildman–Crippen LogP) is 6.16. The number of carbonyl (C=O) groups excluding carboxylic acids is 3. The highest BCUT2D eigenvalue weighted by molar-refractivity contribution is 7.90. The Hall–Kier alpha value is -5.07. The molecule has 0 saturated carbocycles. The van der Waals surface area contributed by atoms with E-state index in [1.165, 1.54) is 18.2 Å². The van der Waals surface area contributed by atoms with Crippen molar-refractivity contribution in [1.29, 1.82) is 0 Å². The van der Waals surface area contributed by atoms with Gasteiger partial charge in [0.1, 0.15) is 18.1 Å². The van der Waals surface area contributed by atoms with Crippen molar-refractivity contribution in [3.8, 4) is 5.75 Å². The van der Waals surface area contributed by atoms with Gasteiger partial charge < -0.3 is 24.0 Å². The first-order valence-corrected chi connectivity index (χ1v) is 25.9. The number of anilines is 1. The minimum atomic E-state index is -4.49. The van der Waals surface area contributed by atoms with Crippen LogP contribution in [0.5, 0.6) is 5.75 Å². The van der Waals surface area contributed by atoms with Gasteiger partial charge in [0.25, 0.3) is 27.7 Å². The van der Waals surface area contributed by atoms with Crippen molar-refractivity contribution < 1.29 is 37.0 Å². The first-order chi connectivity index (χ1) is 32.9. The van der Waals surface area contributed by atoms with E-state index in [4.69, 9.17) is 25.8 Å². The monoisotopic (exact) mass is 969 g/mol. The molecule has 2 fully saturated rings. The van der Waals surface area contributed by atoms with Gasteiger partial charge in [0.15, 0.2) is 0 Å². The molecule has 0 aliphatic carbocycles. The van der Waals surface area contributed by atoms with Crippen molar-refractivity contribution in [2.24, 2.45) is 0 Å². The summed E-state index contributed by atoms with van der Waals surface area (Å²) in [5.41, 5.74) is 5.92. The molecule has 3 amide bonds. The van der Waals surface area contributed by atoms with Crippen molar-refractivity contribution in [2.45, 2.75) is 76.4 Å². The van der Waals surface area contributed by atoms with Gasteiger partial charge in [0.2, 0.25) is 0 Å². The van der Waals surface area contributed by atoms with Gasteiger partial charge >= 0.3 is 0 Å². The Kier molecular flexibility index (Phi) is 16.4. The van der Waals surface area contributed by atoms with Crippen molar-refractivity contribution in [3.63, 3.8) is 0 Å². The molecule has 364 valence electrons. The average Bonchev–Trinajstić information content (AvgIpc) is 3.66. The van der Waals surface area contributed by atoms with E-state index in [1.807, 2.05) is 42.2 Å². The van der Waals surface area contributed by atoms with E-state index in [-0.39, 0.29) is 40.2 Å². The Morgan fingerprint density at radius 3 is 2.24 bits per heavy atom. The van der Waals surface area contributed by atoms with Gasteiger partial charge in [-0.2, -0.15) is 0 Å². The van der Waals surface area contributed by atoms with Crippen LogP contribution in [0.1, 0.15) is 78.3 Å². The van der Waals surface area contributed by atoms with Gasteiger partial charge in [-0.05, 0) is 79.1 Å². The smallest absolute Gasteiger partial charge is 0.273 e. The van der Waals surface area contributed by atoms with Crippen LogP contribution in [-0.2, 0) is 37.3 Å². The zero-order valence-corrected chi connectivity index (χ0v) is 41.0. The summed E-state index contributed by atoms with van der Waals surface area (Å²) in [4.78, 5) is 52.5. The molecule has 68 heavy (non-hydrogen) atoms. The molecule has 4 aliphatic rings. The van der Waals surface area contributed by atoms with Crippen molar-refractivity contribution in [2.75, 3.05) is 90.4 Å². The third kappa shape index (κ3) is 11.3. The van der Waals surface area contributed by atoms with E-state index in [2.05, 4.69) is 39.9 Å². The molecule has 4 heterocycles. The van der Waals surface area contributed by atoms with E-state index in [9.17, 15) is 18.0 Å². The minimum Gasteiger partial charge on any atom is -0.492 e. The predicted molar refractivity (Wildman–Crippen MR) is 263 cm³/mol. The van der Waals surface area contributed by atoms with E-state index >= 15 is 4.79 Å². The van der Waals surface area contributed by atoms with Crippen LogP contribution >= 0.6 is 11.6 Å². The highest BCUT2D eigenvalue weighted by Crippen LogP contribution is 2.35. The first-order valence-electron chi connectivity index (χ1n) is 24.1. The fourth-order valence-electron chi connectivity index (χ4n) is 9.32. The summed E-state index contributed by atoms with van der Waals surface area (Å²) >= 11 is 6.97. The number of carbonyl (C=O) groups is 3. The van der Waals surface area contributed by atoms with E-state index < -0.39 is 27.9 Å². The number of benzene rings is 4. The van der Waals surface area contributed by atoms with Crippen LogP contribution < -0.4 is 19.9 Å². The lowest BCUT2D eigenvalue weighted by atomic mass is 9.92. The Labute approximate surface area is 405 Å². The molecule has 0 spiro atoms. The fraction of sp³-hybridized carbons (Fsp3) is 0.471. The standard InChI is InChI=1S/C51H64ClN7O8S/c1-4-6-19-57(20-7-5-2)51(62)48-47(52)36(3)53-59(48)40-16-18-43(45(32-40)50(61)58-34-39-12-9-8-11-38(39)31-41(58)35-56-23-28-66-29-24-56)49(60)54-68(63,64)42-17-15-37-13-10-14-46(44(37)33-42)67-30-25-55-21-26-65-27-22-55/h8-18,32-33,36,41,53H,4-7,19-31,34-35H2,1-3H3,(H,54,60). The van der Waals surface area contributed by atoms with Crippen molar-refractivity contribution in [3.05, 3.63) is 112 Å². The molecule has 2 unspecified atom stereocenters. The number of amides is 3. The number of hydrogen-bond donors (Lipinski definition) is 2.